The van der Waals surface area contributed by atoms with Crippen LogP contribution >= 0.6 is 0 Å². The maximum atomic E-state index is 12.3. The lowest BCUT2D eigenvalue weighted by atomic mass is 10.1. The molecule has 13 nitrogen and oxygen atoms in total. The predicted molar refractivity (Wildman–Crippen MR) is 106 cm³/mol. The Morgan fingerprint density at radius 3 is 2.39 bits per heavy atom. The van der Waals surface area contributed by atoms with Crippen LogP contribution in [0.4, 0.5) is 0 Å². The number of nitrogens with zero attached hydrogens (tertiary/aromatic N) is 3. The Morgan fingerprint density at radius 1 is 1.13 bits per heavy atom. The summed E-state index contributed by atoms with van der Waals surface area (Å²) in [7, 11) is -5.10. The smallest absolute Gasteiger partial charge is 0.394 e. The lowest BCUT2D eigenvalue weighted by molar-refractivity contribution is -0.0681. The zero-order valence-corrected chi connectivity index (χ0v) is 17.2. The van der Waals surface area contributed by atoms with Gasteiger partial charge in [-0.05, 0) is 37.1 Å². The summed E-state index contributed by atoms with van der Waals surface area (Å²) in [6, 6.07) is 3.34. The number of fused-ring (bicyclic) bond motifs is 2. The normalized spacial score (nSPS) is 15.3. The molecule has 3 atom stereocenters. The summed E-state index contributed by atoms with van der Waals surface area (Å²) in [5, 5.41) is 29.6. The molecule has 0 spiro atoms. The van der Waals surface area contributed by atoms with Crippen molar-refractivity contribution in [1.29, 1.82) is 0 Å². The van der Waals surface area contributed by atoms with Gasteiger partial charge in [0.05, 0.1) is 24.2 Å². The molecule has 31 heavy (non-hydrogen) atoms. The minimum atomic E-state index is -5.10. The number of benzene rings is 1. The van der Waals surface area contributed by atoms with Gasteiger partial charge in [0, 0.05) is 0 Å². The van der Waals surface area contributed by atoms with Crippen LogP contribution < -0.4 is 11.2 Å². The Bertz CT molecular complexity index is 1320. The molecule has 0 saturated carbocycles. The molecule has 2 aliphatic heterocycles. The van der Waals surface area contributed by atoms with Gasteiger partial charge in [0.15, 0.2) is 11.5 Å². The molecule has 0 amide bonds. The van der Waals surface area contributed by atoms with Crippen molar-refractivity contribution < 1.29 is 32.5 Å². The highest BCUT2D eigenvalue weighted by Crippen LogP contribution is 2.25. The van der Waals surface area contributed by atoms with Crippen molar-refractivity contribution in [1.82, 2.24) is 19.5 Å². The van der Waals surface area contributed by atoms with E-state index in [0.29, 0.717) is 11.0 Å². The van der Waals surface area contributed by atoms with Crippen LogP contribution in [0.25, 0.3) is 22.6 Å². The Labute approximate surface area is 174 Å². The van der Waals surface area contributed by atoms with Crippen molar-refractivity contribution in [3.63, 3.8) is 0 Å². The van der Waals surface area contributed by atoms with Crippen LogP contribution in [0.5, 0.6) is 0 Å². The fraction of sp³-hybridized carbons (Fsp3) is 0.412. The zero-order chi connectivity index (χ0) is 23.1. The molecule has 168 valence electrons. The van der Waals surface area contributed by atoms with Crippen LogP contribution in [0.2, 0.25) is 0 Å². The highest BCUT2D eigenvalue weighted by Gasteiger charge is 2.33. The molecule has 1 aromatic carbocycles. The summed E-state index contributed by atoms with van der Waals surface area (Å²) in [4.78, 5) is 34.0. The van der Waals surface area contributed by atoms with Gasteiger partial charge in [-0.2, -0.15) is 13.4 Å². The summed E-state index contributed by atoms with van der Waals surface area (Å²) < 4.78 is 36.8. The number of hydrogen-bond donors (Lipinski definition) is 5. The summed E-state index contributed by atoms with van der Waals surface area (Å²) >= 11 is 0. The summed E-state index contributed by atoms with van der Waals surface area (Å²) in [6.45, 7) is 2.09. The fourth-order valence-corrected chi connectivity index (χ4v) is 3.69. The van der Waals surface area contributed by atoms with Crippen LogP contribution in [-0.4, -0.2) is 72.7 Å². The standard InChI is InChI=1S/C17H20N4O9S/c1-7-3-9-10(4-8(7)2)21(15-13(18-9)16(25)20-17(26)19-15)5-11(23)14(12(24)6-22)30-31(27,28)29/h3-4,11-12,14,22-24H,5-6H2,1-2H3,(H,20,25,26)(H,27,28,29)/t11-,12+,14-/m0/s1. The van der Waals surface area contributed by atoms with Crippen molar-refractivity contribution in [2.24, 2.45) is 0 Å². The van der Waals surface area contributed by atoms with Gasteiger partial charge in [0.1, 0.15) is 18.3 Å². The minimum Gasteiger partial charge on any atom is -0.394 e. The van der Waals surface area contributed by atoms with Gasteiger partial charge in [-0.15, -0.1) is 0 Å². The highest BCUT2D eigenvalue weighted by atomic mass is 32.3. The van der Waals surface area contributed by atoms with Crippen molar-refractivity contribution >= 4 is 21.4 Å². The van der Waals surface area contributed by atoms with E-state index in [-0.39, 0.29) is 11.5 Å². The van der Waals surface area contributed by atoms with Gasteiger partial charge in [-0.3, -0.25) is 14.3 Å². The van der Waals surface area contributed by atoms with E-state index in [1.54, 1.807) is 19.1 Å². The topological polar surface area (TPSA) is 205 Å². The van der Waals surface area contributed by atoms with Crippen molar-refractivity contribution in [3.05, 3.63) is 44.1 Å². The molecule has 0 radical (unpaired) electrons. The van der Waals surface area contributed by atoms with Gasteiger partial charge in [-0.25, -0.2) is 14.0 Å². The third-order valence-corrected chi connectivity index (χ3v) is 5.24. The maximum Gasteiger partial charge on any atom is 0.397 e. The number of aryl methyl sites for hydroxylation is 2. The molecule has 5 N–H and O–H groups in total. The third kappa shape index (κ3) is 4.79. The Balaban J connectivity index is 2.24. The SMILES string of the molecule is Cc1cc2nc3c(=O)[nH]c(=O)nc-3n(C[C@H](O)[C@H](OS(=O)(=O)O)[C@H](O)CO)c2cc1C. The summed E-state index contributed by atoms with van der Waals surface area (Å²) in [5.41, 5.74) is 0.327. The molecule has 3 rings (SSSR count). The van der Waals surface area contributed by atoms with Crippen LogP contribution in [0.3, 0.4) is 0 Å². The lowest BCUT2D eigenvalue weighted by Crippen LogP contribution is -2.45. The molecule has 0 fully saturated rings. The molecular weight excluding hydrogens is 436 g/mol. The van der Waals surface area contributed by atoms with Gasteiger partial charge >= 0.3 is 16.1 Å². The van der Waals surface area contributed by atoms with E-state index in [9.17, 15) is 28.2 Å². The largest absolute Gasteiger partial charge is 0.397 e. The van der Waals surface area contributed by atoms with E-state index in [4.69, 9.17) is 9.66 Å². The summed E-state index contributed by atoms with van der Waals surface area (Å²) in [5.74, 6) is -0.201. The predicted octanol–water partition coefficient (Wildman–Crippen LogP) is -1.90. The second-order valence-corrected chi connectivity index (χ2v) is 8.04. The van der Waals surface area contributed by atoms with Crippen LogP contribution in [0, 0.1) is 13.8 Å². The number of rotatable bonds is 7. The second kappa shape index (κ2) is 8.41. The van der Waals surface area contributed by atoms with Crippen LogP contribution in [-0.2, 0) is 21.1 Å². The number of H-pyrrole nitrogens is 1. The Kier molecular flexibility index (Phi) is 6.22. The van der Waals surface area contributed by atoms with E-state index < -0.39 is 53.1 Å². The lowest BCUT2D eigenvalue weighted by Gasteiger charge is -2.27. The molecule has 1 aromatic rings. The quantitative estimate of drug-likeness (QED) is 0.196. The molecule has 0 unspecified atom stereocenters. The number of hydrogen-bond acceptors (Lipinski definition) is 10. The first-order valence-electron chi connectivity index (χ1n) is 8.95. The monoisotopic (exact) mass is 456 g/mol. The molecule has 0 saturated heterocycles. The first-order chi connectivity index (χ1) is 14.4. The zero-order valence-electron chi connectivity index (χ0n) is 16.4. The Hall–Kier alpha value is -2.75. The molecule has 14 heteroatoms. The van der Waals surface area contributed by atoms with Gasteiger partial charge in [-0.1, -0.05) is 0 Å². The number of aromatic amines is 1. The van der Waals surface area contributed by atoms with E-state index in [1.165, 1.54) is 4.57 Å². The molecular formula is C17H20N4O9S. The van der Waals surface area contributed by atoms with Crippen molar-refractivity contribution in [2.75, 3.05) is 6.61 Å². The van der Waals surface area contributed by atoms with Crippen molar-refractivity contribution in [2.45, 2.75) is 38.7 Å². The molecule has 0 aromatic heterocycles. The van der Waals surface area contributed by atoms with E-state index in [1.807, 2.05) is 11.9 Å². The number of nitrogens with one attached hydrogen (secondary N) is 1. The number of aromatic nitrogens is 4. The first-order valence-corrected chi connectivity index (χ1v) is 10.3. The summed E-state index contributed by atoms with van der Waals surface area (Å²) in [6.07, 6.45) is -5.68. The average Bonchev–Trinajstić information content (AvgIpc) is 2.66. The number of aliphatic hydroxyl groups is 3. The van der Waals surface area contributed by atoms with Crippen LogP contribution in [0.1, 0.15) is 11.1 Å². The molecule has 0 bridgehead atoms. The maximum absolute atomic E-state index is 12.3. The fourth-order valence-electron chi connectivity index (χ4n) is 3.15. The van der Waals surface area contributed by atoms with Gasteiger partial charge in [0.2, 0.25) is 0 Å². The highest BCUT2D eigenvalue weighted by molar-refractivity contribution is 7.80. The third-order valence-electron chi connectivity index (χ3n) is 4.77. The van der Waals surface area contributed by atoms with Gasteiger partial charge in [0.25, 0.3) is 5.56 Å². The van der Waals surface area contributed by atoms with Gasteiger partial charge < -0.3 is 19.9 Å². The van der Waals surface area contributed by atoms with E-state index in [2.05, 4.69) is 14.2 Å². The Morgan fingerprint density at radius 2 is 1.77 bits per heavy atom. The second-order valence-electron chi connectivity index (χ2n) is 7.00. The molecule has 2 heterocycles. The number of aliphatic hydroxyl groups excluding tert-OH is 3. The van der Waals surface area contributed by atoms with E-state index >= 15 is 0 Å². The molecule has 2 aliphatic rings. The van der Waals surface area contributed by atoms with E-state index in [0.717, 1.165) is 11.1 Å². The first kappa shape index (κ1) is 22.9. The van der Waals surface area contributed by atoms with Crippen molar-refractivity contribution in [3.8, 4) is 11.5 Å². The minimum absolute atomic E-state index is 0.201. The van der Waals surface area contributed by atoms with Crippen LogP contribution in [0.15, 0.2) is 21.7 Å². The molecule has 0 aliphatic carbocycles. The average molecular weight is 456 g/mol.